The lowest BCUT2D eigenvalue weighted by Gasteiger charge is -2.06. The Hall–Kier alpha value is -3.43. The minimum atomic E-state index is -4.71. The van der Waals surface area contributed by atoms with Gasteiger partial charge in [-0.25, -0.2) is 4.79 Å². The number of nitrogens with one attached hydrogen (secondary N) is 1. The van der Waals surface area contributed by atoms with E-state index in [0.29, 0.717) is 11.4 Å². The van der Waals surface area contributed by atoms with Gasteiger partial charge >= 0.3 is 18.2 Å². The highest BCUT2D eigenvalue weighted by atomic mass is 19.4. The molecule has 0 aliphatic carbocycles. The number of halogens is 3. The van der Waals surface area contributed by atoms with E-state index in [0.717, 1.165) is 0 Å². The highest BCUT2D eigenvalue weighted by Gasteiger charge is 2.38. The summed E-state index contributed by atoms with van der Waals surface area (Å²) >= 11 is 0. The van der Waals surface area contributed by atoms with Crippen molar-refractivity contribution in [1.82, 2.24) is 20.4 Å². The molecule has 26 heavy (non-hydrogen) atoms. The van der Waals surface area contributed by atoms with Crippen molar-refractivity contribution in [1.29, 1.82) is 0 Å². The van der Waals surface area contributed by atoms with Crippen LogP contribution >= 0.6 is 0 Å². The summed E-state index contributed by atoms with van der Waals surface area (Å²) in [5.41, 5.74) is 0.721. The Morgan fingerprint density at radius 3 is 2.54 bits per heavy atom. The fourth-order valence-corrected chi connectivity index (χ4v) is 1.91. The van der Waals surface area contributed by atoms with Gasteiger partial charge in [0, 0.05) is 11.8 Å². The molecule has 7 nitrogen and oxygen atoms in total. The first-order chi connectivity index (χ1) is 12.4. The Morgan fingerprint density at radius 2 is 1.92 bits per heavy atom. The lowest BCUT2D eigenvalue weighted by atomic mass is 10.2. The van der Waals surface area contributed by atoms with Crippen molar-refractivity contribution in [3.05, 3.63) is 60.2 Å². The molecule has 0 saturated carbocycles. The number of carbonyl (C=O) groups is 1. The third-order valence-corrected chi connectivity index (χ3v) is 3.12. The molecular weight excluding hydrogens is 353 g/mol. The highest BCUT2D eigenvalue weighted by Crippen LogP contribution is 2.29. The predicted octanol–water partition coefficient (Wildman–Crippen LogP) is 3.44. The summed E-state index contributed by atoms with van der Waals surface area (Å²) in [5, 5.41) is 5.78. The van der Waals surface area contributed by atoms with E-state index >= 15 is 0 Å². The molecule has 2 heterocycles. The minimum Gasteiger partial charge on any atom is -0.410 e. The molecular formula is C16H11F3N4O3. The van der Waals surface area contributed by atoms with Crippen LogP contribution in [0.4, 0.5) is 18.0 Å². The van der Waals surface area contributed by atoms with Gasteiger partial charge in [-0.2, -0.15) is 18.2 Å². The number of aromatic nitrogens is 3. The third kappa shape index (κ3) is 4.35. The summed E-state index contributed by atoms with van der Waals surface area (Å²) < 4.78 is 46.6. The van der Waals surface area contributed by atoms with Crippen molar-refractivity contribution >= 4 is 6.09 Å². The van der Waals surface area contributed by atoms with Gasteiger partial charge in [0.1, 0.15) is 5.75 Å². The Bertz CT molecular complexity index is 880. The maximum atomic E-state index is 12.4. The van der Waals surface area contributed by atoms with Gasteiger partial charge < -0.3 is 14.6 Å². The van der Waals surface area contributed by atoms with Crippen LogP contribution in [0.2, 0.25) is 0 Å². The van der Waals surface area contributed by atoms with Gasteiger partial charge in [0.25, 0.3) is 0 Å². The lowest BCUT2D eigenvalue weighted by Crippen LogP contribution is -2.26. The monoisotopic (exact) mass is 364 g/mol. The predicted molar refractivity (Wildman–Crippen MR) is 81.8 cm³/mol. The van der Waals surface area contributed by atoms with Gasteiger partial charge in [-0.05, 0) is 24.3 Å². The van der Waals surface area contributed by atoms with E-state index in [1.165, 1.54) is 18.3 Å². The Morgan fingerprint density at radius 1 is 1.15 bits per heavy atom. The molecule has 134 valence electrons. The average Bonchev–Trinajstić information content (AvgIpc) is 3.12. The smallest absolute Gasteiger partial charge is 0.410 e. The largest absolute Gasteiger partial charge is 0.471 e. The highest BCUT2D eigenvalue weighted by molar-refractivity contribution is 5.70. The normalized spacial score (nSPS) is 11.2. The summed E-state index contributed by atoms with van der Waals surface area (Å²) in [6.45, 7) is 0.0754. The Kier molecular flexibility index (Phi) is 4.83. The number of alkyl halides is 3. The summed E-state index contributed by atoms with van der Waals surface area (Å²) in [5.74, 6) is -1.26. The average molecular weight is 364 g/mol. The zero-order valence-electron chi connectivity index (χ0n) is 13.0. The molecule has 0 spiro atoms. The molecule has 1 aromatic carbocycles. The van der Waals surface area contributed by atoms with Crippen LogP contribution < -0.4 is 10.1 Å². The second-order valence-corrected chi connectivity index (χ2v) is 5.02. The number of pyridine rings is 1. The molecule has 0 fully saturated rings. The lowest BCUT2D eigenvalue weighted by molar-refractivity contribution is -0.159. The molecule has 0 unspecified atom stereocenters. The van der Waals surface area contributed by atoms with Gasteiger partial charge in [0.05, 0.1) is 12.2 Å². The molecule has 0 bridgehead atoms. The Labute approximate surface area is 144 Å². The van der Waals surface area contributed by atoms with Crippen molar-refractivity contribution in [3.8, 4) is 17.1 Å². The van der Waals surface area contributed by atoms with Crippen molar-refractivity contribution in [2.75, 3.05) is 0 Å². The summed E-state index contributed by atoms with van der Waals surface area (Å²) in [6.07, 6.45) is -4.08. The first-order valence-electron chi connectivity index (χ1n) is 7.29. The quantitative estimate of drug-likeness (QED) is 0.763. The topological polar surface area (TPSA) is 90.1 Å². The van der Waals surface area contributed by atoms with Gasteiger partial charge in [-0.1, -0.05) is 23.4 Å². The molecule has 0 atom stereocenters. The van der Waals surface area contributed by atoms with Crippen molar-refractivity contribution in [3.63, 3.8) is 0 Å². The van der Waals surface area contributed by atoms with Crippen molar-refractivity contribution in [2.24, 2.45) is 0 Å². The van der Waals surface area contributed by atoms with E-state index in [2.05, 4.69) is 25.0 Å². The fourth-order valence-electron chi connectivity index (χ4n) is 1.91. The first kappa shape index (κ1) is 17.4. The van der Waals surface area contributed by atoms with Crippen LogP contribution in [-0.4, -0.2) is 21.2 Å². The zero-order chi connectivity index (χ0) is 18.6. The van der Waals surface area contributed by atoms with Gasteiger partial charge in [-0.3, -0.25) is 4.98 Å². The number of hydrogen-bond donors (Lipinski definition) is 1. The molecule has 10 heteroatoms. The number of benzene rings is 1. The molecule has 0 aliphatic rings. The molecule has 0 saturated heterocycles. The zero-order valence-corrected chi connectivity index (χ0v) is 13.0. The van der Waals surface area contributed by atoms with Crippen LogP contribution in [0.25, 0.3) is 11.4 Å². The molecule has 2 aromatic heterocycles. The summed E-state index contributed by atoms with van der Waals surface area (Å²) in [7, 11) is 0. The summed E-state index contributed by atoms with van der Waals surface area (Å²) in [4.78, 5) is 19.0. The van der Waals surface area contributed by atoms with Crippen LogP contribution in [0.15, 0.2) is 53.2 Å². The minimum absolute atomic E-state index is 0.0754. The number of hydrogen-bond acceptors (Lipinski definition) is 6. The SMILES string of the molecule is O=C(NCc1ccc(-c2noc(C(F)(F)F)n2)cn1)Oc1ccccc1. The first-order valence-corrected chi connectivity index (χ1v) is 7.29. The van der Waals surface area contributed by atoms with E-state index in [-0.39, 0.29) is 17.9 Å². The Balaban J connectivity index is 1.58. The van der Waals surface area contributed by atoms with E-state index < -0.39 is 18.2 Å². The maximum absolute atomic E-state index is 12.4. The van der Waals surface area contributed by atoms with E-state index in [1.807, 2.05) is 0 Å². The number of rotatable bonds is 4. The number of para-hydroxylation sites is 1. The van der Waals surface area contributed by atoms with E-state index in [1.54, 1.807) is 30.3 Å². The third-order valence-electron chi connectivity index (χ3n) is 3.12. The van der Waals surface area contributed by atoms with Crippen LogP contribution in [-0.2, 0) is 12.7 Å². The summed E-state index contributed by atoms with van der Waals surface area (Å²) in [6, 6.07) is 11.5. The molecule has 3 aromatic rings. The van der Waals surface area contributed by atoms with E-state index in [4.69, 9.17) is 4.74 Å². The number of ether oxygens (including phenoxy) is 1. The number of amides is 1. The standard InChI is InChI=1S/C16H11F3N4O3/c17-16(18,19)14-22-13(23-26-14)10-6-7-11(20-8-10)9-21-15(24)25-12-4-2-1-3-5-12/h1-8H,9H2,(H,21,24). The van der Waals surface area contributed by atoms with Crippen molar-refractivity contribution < 1.29 is 27.2 Å². The van der Waals surface area contributed by atoms with Gasteiger partial charge in [0.15, 0.2) is 0 Å². The number of nitrogens with zero attached hydrogens (tertiary/aromatic N) is 3. The van der Waals surface area contributed by atoms with Gasteiger partial charge in [-0.15, -0.1) is 0 Å². The second-order valence-electron chi connectivity index (χ2n) is 5.02. The molecule has 0 radical (unpaired) electrons. The number of carbonyl (C=O) groups excluding carboxylic acids is 1. The van der Waals surface area contributed by atoms with E-state index in [9.17, 15) is 18.0 Å². The van der Waals surface area contributed by atoms with Crippen LogP contribution in [0.5, 0.6) is 5.75 Å². The van der Waals surface area contributed by atoms with Gasteiger partial charge in [0.2, 0.25) is 5.82 Å². The maximum Gasteiger partial charge on any atom is 0.471 e. The second kappa shape index (κ2) is 7.21. The molecule has 1 amide bonds. The van der Waals surface area contributed by atoms with Crippen LogP contribution in [0, 0.1) is 0 Å². The van der Waals surface area contributed by atoms with Crippen LogP contribution in [0.3, 0.4) is 0 Å². The van der Waals surface area contributed by atoms with Crippen LogP contribution in [0.1, 0.15) is 11.6 Å². The van der Waals surface area contributed by atoms with Crippen molar-refractivity contribution in [2.45, 2.75) is 12.7 Å². The molecule has 0 aliphatic heterocycles. The molecule has 3 rings (SSSR count). The molecule has 1 N–H and O–H groups in total. The fraction of sp³-hybridized carbons (Fsp3) is 0.125.